The lowest BCUT2D eigenvalue weighted by atomic mass is 9.83. The van der Waals surface area contributed by atoms with Crippen LogP contribution in [-0.4, -0.2) is 23.4 Å². The van der Waals surface area contributed by atoms with E-state index in [1.807, 2.05) is 20.8 Å². The molecular weight excluding hydrogens is 152 g/mol. The van der Waals surface area contributed by atoms with Gasteiger partial charge in [-0.15, -0.1) is 0 Å². The molecule has 0 unspecified atom stereocenters. The van der Waals surface area contributed by atoms with Crippen molar-refractivity contribution in [1.29, 1.82) is 0 Å². The van der Waals surface area contributed by atoms with Gasteiger partial charge in [0.1, 0.15) is 0 Å². The lowest BCUT2D eigenvalue weighted by Gasteiger charge is -2.26. The van der Waals surface area contributed by atoms with Crippen LogP contribution < -0.4 is 0 Å². The highest BCUT2D eigenvalue weighted by Crippen LogP contribution is 2.26. The predicted octanol–water partition coefficient (Wildman–Crippen LogP) is 1.72. The molecule has 2 nitrogen and oxygen atoms in total. The molecule has 0 aliphatic carbocycles. The summed E-state index contributed by atoms with van der Waals surface area (Å²) in [6, 6.07) is 0. The summed E-state index contributed by atoms with van der Waals surface area (Å²) in [4.78, 5) is 0. The summed E-state index contributed by atoms with van der Waals surface area (Å²) in [5, 5.41) is 18.2. The Kier molecular flexibility index (Phi) is 5.18. The average Bonchev–Trinajstić information content (AvgIpc) is 2.08. The highest BCUT2D eigenvalue weighted by molar-refractivity contribution is 4.97. The van der Waals surface area contributed by atoms with Gasteiger partial charge < -0.3 is 10.2 Å². The molecule has 0 rings (SSSR count). The summed E-state index contributed by atoms with van der Waals surface area (Å²) in [7, 11) is 0. The van der Waals surface area contributed by atoms with Crippen LogP contribution in [-0.2, 0) is 0 Å². The van der Waals surface area contributed by atoms with Gasteiger partial charge in [0.15, 0.2) is 0 Å². The maximum atomic E-state index is 9.10. The number of hydrogen-bond acceptors (Lipinski definition) is 2. The Morgan fingerprint density at radius 1 is 1.25 bits per heavy atom. The highest BCUT2D eigenvalue weighted by atomic mass is 16.3. The molecule has 0 spiro atoms. The van der Waals surface area contributed by atoms with Crippen LogP contribution in [0.3, 0.4) is 0 Å². The highest BCUT2D eigenvalue weighted by Gasteiger charge is 2.24. The molecule has 2 heteroatoms. The van der Waals surface area contributed by atoms with Crippen LogP contribution >= 0.6 is 0 Å². The largest absolute Gasteiger partial charge is 0.396 e. The molecule has 0 aliphatic heterocycles. The molecule has 0 heterocycles. The minimum Gasteiger partial charge on any atom is -0.396 e. The van der Waals surface area contributed by atoms with E-state index in [-0.39, 0.29) is 18.6 Å². The van der Waals surface area contributed by atoms with E-state index in [9.17, 15) is 0 Å². The van der Waals surface area contributed by atoms with E-state index in [2.05, 4.69) is 6.08 Å². The molecule has 0 atom stereocenters. The third-order valence-corrected chi connectivity index (χ3v) is 2.36. The van der Waals surface area contributed by atoms with E-state index < -0.39 is 0 Å². The molecule has 0 saturated carbocycles. The molecule has 0 aromatic rings. The van der Waals surface area contributed by atoms with Crippen LogP contribution in [0.15, 0.2) is 11.6 Å². The van der Waals surface area contributed by atoms with Gasteiger partial charge >= 0.3 is 0 Å². The Bertz CT molecular complexity index is 134. The average molecular weight is 172 g/mol. The molecule has 0 aromatic carbocycles. The van der Waals surface area contributed by atoms with Crippen LogP contribution in [0.2, 0.25) is 0 Å². The summed E-state index contributed by atoms with van der Waals surface area (Å²) in [5.41, 5.74) is 0.923. The molecule has 0 amide bonds. The molecule has 0 bridgehead atoms. The van der Waals surface area contributed by atoms with E-state index >= 15 is 0 Å². The number of allylic oxidation sites excluding steroid dienone is 2. The molecular formula is C10H20O2. The fourth-order valence-electron chi connectivity index (χ4n) is 0.968. The molecule has 0 aromatic heterocycles. The van der Waals surface area contributed by atoms with Gasteiger partial charge in [-0.2, -0.15) is 0 Å². The molecule has 72 valence electrons. The zero-order valence-electron chi connectivity index (χ0n) is 8.30. The van der Waals surface area contributed by atoms with E-state index in [1.165, 1.54) is 5.57 Å². The Morgan fingerprint density at radius 3 is 2.00 bits per heavy atom. The van der Waals surface area contributed by atoms with Crippen molar-refractivity contribution < 1.29 is 10.2 Å². The first-order valence-corrected chi connectivity index (χ1v) is 4.45. The van der Waals surface area contributed by atoms with Gasteiger partial charge in [-0.1, -0.05) is 18.6 Å². The van der Waals surface area contributed by atoms with E-state index in [4.69, 9.17) is 10.2 Å². The summed E-state index contributed by atoms with van der Waals surface area (Å²) in [6.07, 6.45) is 3.64. The molecule has 0 saturated heterocycles. The monoisotopic (exact) mass is 172 g/mol. The fourth-order valence-corrected chi connectivity index (χ4v) is 0.968. The van der Waals surface area contributed by atoms with Gasteiger partial charge in [-0.3, -0.25) is 0 Å². The summed E-state index contributed by atoms with van der Waals surface area (Å²) >= 11 is 0. The minimum atomic E-state index is -0.308. The van der Waals surface area contributed by atoms with Crippen molar-refractivity contribution in [2.24, 2.45) is 5.41 Å². The van der Waals surface area contributed by atoms with Crippen molar-refractivity contribution in [1.82, 2.24) is 0 Å². The molecule has 0 radical (unpaired) electrons. The Hall–Kier alpha value is -0.340. The van der Waals surface area contributed by atoms with Crippen molar-refractivity contribution in [3.63, 3.8) is 0 Å². The van der Waals surface area contributed by atoms with Crippen molar-refractivity contribution in [3.8, 4) is 0 Å². The molecule has 2 N–H and O–H groups in total. The maximum absolute atomic E-state index is 9.10. The van der Waals surface area contributed by atoms with Crippen LogP contribution in [0.25, 0.3) is 0 Å². The first-order chi connectivity index (χ1) is 5.60. The minimum absolute atomic E-state index is 0.0593. The first-order valence-electron chi connectivity index (χ1n) is 4.45. The smallest absolute Gasteiger partial charge is 0.0512 e. The molecule has 0 aliphatic rings. The van der Waals surface area contributed by atoms with Gasteiger partial charge in [0, 0.05) is 5.41 Å². The van der Waals surface area contributed by atoms with E-state index in [0.29, 0.717) is 0 Å². The summed E-state index contributed by atoms with van der Waals surface area (Å²) in [6.45, 7) is 6.16. The third-order valence-electron chi connectivity index (χ3n) is 2.36. The van der Waals surface area contributed by atoms with Crippen molar-refractivity contribution in [2.45, 2.75) is 33.6 Å². The Labute approximate surface area is 74.9 Å². The van der Waals surface area contributed by atoms with Gasteiger partial charge in [-0.05, 0) is 26.7 Å². The van der Waals surface area contributed by atoms with E-state index in [1.54, 1.807) is 0 Å². The lowest BCUT2D eigenvalue weighted by molar-refractivity contribution is 0.0535. The third kappa shape index (κ3) is 3.37. The molecule has 12 heavy (non-hydrogen) atoms. The van der Waals surface area contributed by atoms with Crippen LogP contribution in [0.4, 0.5) is 0 Å². The second kappa shape index (κ2) is 5.33. The lowest BCUT2D eigenvalue weighted by Crippen LogP contribution is -2.28. The normalized spacial score (nSPS) is 11.4. The van der Waals surface area contributed by atoms with Crippen molar-refractivity contribution >= 4 is 0 Å². The Morgan fingerprint density at radius 2 is 1.75 bits per heavy atom. The summed E-state index contributed by atoms with van der Waals surface area (Å²) < 4.78 is 0. The number of hydrogen-bond donors (Lipinski definition) is 2. The van der Waals surface area contributed by atoms with Crippen molar-refractivity contribution in [2.75, 3.05) is 13.2 Å². The maximum Gasteiger partial charge on any atom is 0.0512 e. The SMILES string of the molecule is CCC(CO)(CO)CC=C(C)C. The number of aliphatic hydroxyl groups excluding tert-OH is 2. The first kappa shape index (κ1) is 11.7. The fraction of sp³-hybridized carbons (Fsp3) is 0.800. The Balaban J connectivity index is 4.20. The standard InChI is InChI=1S/C10H20O2/c1-4-10(7-11,8-12)6-5-9(2)3/h5,11-12H,4,6-8H2,1-3H3. The van der Waals surface area contributed by atoms with Gasteiger partial charge in [0.05, 0.1) is 13.2 Å². The van der Waals surface area contributed by atoms with Crippen molar-refractivity contribution in [3.05, 3.63) is 11.6 Å². The summed E-state index contributed by atoms with van der Waals surface area (Å²) in [5.74, 6) is 0. The van der Waals surface area contributed by atoms with Gasteiger partial charge in [0.25, 0.3) is 0 Å². The number of aliphatic hydroxyl groups is 2. The predicted molar refractivity (Wildman–Crippen MR) is 50.9 cm³/mol. The van der Waals surface area contributed by atoms with Crippen LogP contribution in [0.1, 0.15) is 33.6 Å². The van der Waals surface area contributed by atoms with Gasteiger partial charge in [-0.25, -0.2) is 0 Å². The zero-order chi connectivity index (χ0) is 9.61. The van der Waals surface area contributed by atoms with Gasteiger partial charge in [0.2, 0.25) is 0 Å². The quantitative estimate of drug-likeness (QED) is 0.620. The number of rotatable bonds is 5. The van der Waals surface area contributed by atoms with Crippen LogP contribution in [0, 0.1) is 5.41 Å². The second-order valence-corrected chi connectivity index (χ2v) is 3.66. The molecule has 0 fully saturated rings. The second-order valence-electron chi connectivity index (χ2n) is 3.66. The topological polar surface area (TPSA) is 40.5 Å². The zero-order valence-corrected chi connectivity index (χ0v) is 8.30. The van der Waals surface area contributed by atoms with Crippen LogP contribution in [0.5, 0.6) is 0 Å². The van der Waals surface area contributed by atoms with E-state index in [0.717, 1.165) is 12.8 Å².